The number of methoxy groups -OCH3 is 1. The summed E-state index contributed by atoms with van der Waals surface area (Å²) in [6.07, 6.45) is 1.24. The standard InChI is InChI=1S/C21H22N4O5/c1-14-20(21(27)25(24(14)2)16-7-5-4-6-8-16)23-19(26)13-30-17-10-9-15(12-22-28)11-18(17)29-3/h4-12,28H,13H2,1-3H3,(H,23,26)/b22-12-. The van der Waals surface area contributed by atoms with Gasteiger partial charge in [-0.05, 0) is 37.3 Å². The first kappa shape index (κ1) is 20.7. The topological polar surface area (TPSA) is 107 Å². The van der Waals surface area contributed by atoms with Crippen molar-refractivity contribution in [1.29, 1.82) is 0 Å². The molecule has 0 bridgehead atoms. The lowest BCUT2D eigenvalue weighted by molar-refractivity contribution is -0.118. The molecule has 9 nitrogen and oxygen atoms in total. The van der Waals surface area contributed by atoms with Gasteiger partial charge in [-0.25, -0.2) is 4.68 Å². The van der Waals surface area contributed by atoms with Crippen molar-refractivity contribution in [1.82, 2.24) is 9.36 Å². The molecule has 0 unspecified atom stereocenters. The molecule has 2 aromatic carbocycles. The Morgan fingerprint density at radius 2 is 1.93 bits per heavy atom. The number of benzene rings is 2. The Morgan fingerprint density at radius 1 is 1.20 bits per heavy atom. The third kappa shape index (κ3) is 4.19. The highest BCUT2D eigenvalue weighted by molar-refractivity contribution is 5.92. The van der Waals surface area contributed by atoms with Gasteiger partial charge in [-0.1, -0.05) is 23.4 Å². The molecule has 1 heterocycles. The third-order valence-electron chi connectivity index (χ3n) is 4.57. The van der Waals surface area contributed by atoms with E-state index < -0.39 is 5.91 Å². The molecule has 9 heteroatoms. The van der Waals surface area contributed by atoms with Gasteiger partial charge in [-0.3, -0.25) is 14.3 Å². The van der Waals surface area contributed by atoms with E-state index in [1.54, 1.807) is 36.9 Å². The van der Waals surface area contributed by atoms with Crippen molar-refractivity contribution in [3.63, 3.8) is 0 Å². The summed E-state index contributed by atoms with van der Waals surface area (Å²) in [4.78, 5) is 25.3. The smallest absolute Gasteiger partial charge is 0.295 e. The van der Waals surface area contributed by atoms with Crippen molar-refractivity contribution in [3.05, 3.63) is 70.1 Å². The average Bonchev–Trinajstić information content (AvgIpc) is 2.96. The van der Waals surface area contributed by atoms with Crippen LogP contribution in [0.2, 0.25) is 0 Å². The van der Waals surface area contributed by atoms with Crippen molar-refractivity contribution >= 4 is 17.8 Å². The van der Waals surface area contributed by atoms with Crippen LogP contribution in [0.15, 0.2) is 58.5 Å². The second-order valence-corrected chi connectivity index (χ2v) is 6.43. The fourth-order valence-electron chi connectivity index (χ4n) is 2.98. The molecule has 30 heavy (non-hydrogen) atoms. The average molecular weight is 410 g/mol. The Balaban J connectivity index is 1.76. The summed E-state index contributed by atoms with van der Waals surface area (Å²) in [5, 5.41) is 14.2. The number of hydrogen-bond acceptors (Lipinski definition) is 6. The van der Waals surface area contributed by atoms with Gasteiger partial charge in [0.25, 0.3) is 11.5 Å². The number of carbonyl (C=O) groups excluding carboxylic acids is 1. The maximum absolute atomic E-state index is 12.9. The maximum Gasteiger partial charge on any atom is 0.295 e. The number of amides is 1. The van der Waals surface area contributed by atoms with Crippen molar-refractivity contribution in [2.24, 2.45) is 12.2 Å². The normalized spacial score (nSPS) is 10.9. The molecule has 0 saturated heterocycles. The van der Waals surface area contributed by atoms with E-state index in [1.807, 2.05) is 30.3 Å². The Kier molecular flexibility index (Phi) is 6.21. The molecule has 3 aromatic rings. The summed E-state index contributed by atoms with van der Waals surface area (Å²) in [5.41, 5.74) is 1.77. The van der Waals surface area contributed by atoms with E-state index in [0.717, 1.165) is 0 Å². The van der Waals surface area contributed by atoms with Gasteiger partial charge < -0.3 is 20.0 Å². The summed E-state index contributed by atoms with van der Waals surface area (Å²) in [6.45, 7) is 1.44. The predicted molar refractivity (Wildman–Crippen MR) is 112 cm³/mol. The Bertz CT molecular complexity index is 1130. The van der Waals surface area contributed by atoms with Gasteiger partial charge in [0.05, 0.1) is 24.7 Å². The number of aromatic nitrogens is 2. The number of ether oxygens (including phenoxy) is 2. The van der Waals surface area contributed by atoms with Crippen molar-refractivity contribution in [2.45, 2.75) is 6.92 Å². The molecule has 1 aromatic heterocycles. The summed E-state index contributed by atoms with van der Waals surface area (Å²) in [6, 6.07) is 14.0. The predicted octanol–water partition coefficient (Wildman–Crippen LogP) is 2.32. The van der Waals surface area contributed by atoms with Gasteiger partial charge >= 0.3 is 0 Å². The third-order valence-corrected chi connectivity index (χ3v) is 4.57. The van der Waals surface area contributed by atoms with E-state index >= 15 is 0 Å². The Labute approximate surface area is 172 Å². The van der Waals surface area contributed by atoms with Crippen LogP contribution >= 0.6 is 0 Å². The van der Waals surface area contributed by atoms with Crippen LogP contribution in [0.3, 0.4) is 0 Å². The van der Waals surface area contributed by atoms with Crippen molar-refractivity contribution in [2.75, 3.05) is 19.0 Å². The minimum absolute atomic E-state index is 0.191. The molecule has 0 aliphatic heterocycles. The monoisotopic (exact) mass is 410 g/mol. The van der Waals surface area contributed by atoms with Gasteiger partial charge in [0.15, 0.2) is 18.1 Å². The highest BCUT2D eigenvalue weighted by Gasteiger charge is 2.18. The quantitative estimate of drug-likeness (QED) is 0.353. The number of nitrogens with one attached hydrogen (secondary N) is 1. The molecule has 0 fully saturated rings. The lowest BCUT2D eigenvalue weighted by Crippen LogP contribution is -2.25. The molecule has 2 N–H and O–H groups in total. The largest absolute Gasteiger partial charge is 0.493 e. The number of oxime groups is 1. The number of anilines is 1. The van der Waals surface area contributed by atoms with Crippen LogP contribution in [-0.4, -0.2) is 40.4 Å². The summed E-state index contributed by atoms with van der Waals surface area (Å²) in [5.74, 6) is 0.237. The number of hydrogen-bond donors (Lipinski definition) is 2. The van der Waals surface area contributed by atoms with E-state index in [2.05, 4.69) is 10.5 Å². The first-order valence-corrected chi connectivity index (χ1v) is 9.08. The van der Waals surface area contributed by atoms with Crippen LogP contribution in [0.4, 0.5) is 5.69 Å². The number of para-hydroxylation sites is 1. The Morgan fingerprint density at radius 3 is 2.60 bits per heavy atom. The molecule has 0 spiro atoms. The molecule has 0 saturated carbocycles. The van der Waals surface area contributed by atoms with E-state index in [4.69, 9.17) is 14.7 Å². The van der Waals surface area contributed by atoms with Crippen LogP contribution in [0.1, 0.15) is 11.3 Å². The number of nitrogens with zero attached hydrogens (tertiary/aromatic N) is 3. The first-order valence-electron chi connectivity index (χ1n) is 9.08. The minimum Gasteiger partial charge on any atom is -0.493 e. The highest BCUT2D eigenvalue weighted by Crippen LogP contribution is 2.27. The van der Waals surface area contributed by atoms with Gasteiger partial charge in [-0.2, -0.15) is 0 Å². The lowest BCUT2D eigenvalue weighted by Gasteiger charge is -2.11. The van der Waals surface area contributed by atoms with Crippen LogP contribution in [-0.2, 0) is 11.8 Å². The molecular weight excluding hydrogens is 388 g/mol. The van der Waals surface area contributed by atoms with Gasteiger partial charge in [0.2, 0.25) is 0 Å². The van der Waals surface area contributed by atoms with Gasteiger partial charge in [-0.15, -0.1) is 0 Å². The van der Waals surface area contributed by atoms with E-state index in [0.29, 0.717) is 28.4 Å². The molecular formula is C21H22N4O5. The SMILES string of the molecule is COc1cc(/C=N\O)ccc1OCC(=O)Nc1c(C)n(C)n(-c2ccccc2)c1=O. The van der Waals surface area contributed by atoms with E-state index in [1.165, 1.54) is 18.0 Å². The van der Waals surface area contributed by atoms with Crippen LogP contribution in [0.5, 0.6) is 11.5 Å². The molecule has 1 amide bonds. The second-order valence-electron chi connectivity index (χ2n) is 6.43. The number of rotatable bonds is 7. The van der Waals surface area contributed by atoms with Gasteiger partial charge in [0.1, 0.15) is 5.69 Å². The molecule has 0 radical (unpaired) electrons. The highest BCUT2D eigenvalue weighted by atomic mass is 16.5. The minimum atomic E-state index is -0.482. The van der Waals surface area contributed by atoms with Crippen LogP contribution in [0.25, 0.3) is 5.69 Å². The fourth-order valence-corrected chi connectivity index (χ4v) is 2.98. The fraction of sp³-hybridized carbons (Fsp3) is 0.190. The Hall–Kier alpha value is -4.01. The second kappa shape index (κ2) is 8.99. The van der Waals surface area contributed by atoms with Gasteiger partial charge in [0, 0.05) is 12.6 Å². The van der Waals surface area contributed by atoms with Crippen molar-refractivity contribution < 1.29 is 19.5 Å². The molecule has 0 aliphatic rings. The molecule has 0 atom stereocenters. The molecule has 156 valence electrons. The zero-order valence-electron chi connectivity index (χ0n) is 16.8. The zero-order chi connectivity index (χ0) is 21.7. The number of carbonyl (C=O) groups is 1. The zero-order valence-corrected chi connectivity index (χ0v) is 16.8. The summed E-state index contributed by atoms with van der Waals surface area (Å²) in [7, 11) is 3.21. The lowest BCUT2D eigenvalue weighted by atomic mass is 10.2. The first-order chi connectivity index (χ1) is 14.5. The van der Waals surface area contributed by atoms with Crippen LogP contribution < -0.4 is 20.3 Å². The maximum atomic E-state index is 12.9. The molecule has 0 aliphatic carbocycles. The van der Waals surface area contributed by atoms with E-state index in [-0.39, 0.29) is 17.9 Å². The van der Waals surface area contributed by atoms with E-state index in [9.17, 15) is 9.59 Å². The molecule has 3 rings (SSSR count). The van der Waals surface area contributed by atoms with Crippen LogP contribution in [0, 0.1) is 6.92 Å². The van der Waals surface area contributed by atoms with Crippen molar-refractivity contribution in [3.8, 4) is 17.2 Å². The summed E-state index contributed by atoms with van der Waals surface area (Å²) >= 11 is 0. The summed E-state index contributed by atoms with van der Waals surface area (Å²) < 4.78 is 13.9.